The van der Waals surface area contributed by atoms with E-state index < -0.39 is 14.9 Å². The van der Waals surface area contributed by atoms with Crippen molar-refractivity contribution in [1.29, 1.82) is 0 Å². The fourth-order valence-corrected chi connectivity index (χ4v) is 4.44. The van der Waals surface area contributed by atoms with Gasteiger partial charge in [0.05, 0.1) is 9.82 Å². The average Bonchev–Trinajstić information content (AvgIpc) is 2.71. The minimum atomic E-state index is -3.61. The zero-order valence-corrected chi connectivity index (χ0v) is 16.2. The van der Waals surface area contributed by atoms with Crippen molar-refractivity contribution >= 4 is 32.2 Å². The summed E-state index contributed by atoms with van der Waals surface area (Å²) in [6, 6.07) is 18.8. The van der Waals surface area contributed by atoms with Crippen LogP contribution in [0.25, 0.3) is 10.8 Å². The van der Waals surface area contributed by atoms with Crippen molar-refractivity contribution < 1.29 is 13.3 Å². The Balaban J connectivity index is 1.69. The van der Waals surface area contributed by atoms with E-state index in [4.69, 9.17) is 0 Å². The number of sulfonamides is 1. The number of fused-ring (bicyclic) bond motifs is 1. The van der Waals surface area contributed by atoms with Gasteiger partial charge in [-0.3, -0.25) is 10.1 Å². The van der Waals surface area contributed by atoms with Crippen LogP contribution in [0.3, 0.4) is 0 Å². The van der Waals surface area contributed by atoms with Crippen molar-refractivity contribution in [3.05, 3.63) is 76.8 Å². The summed E-state index contributed by atoms with van der Waals surface area (Å²) >= 11 is 0. The Labute approximate surface area is 163 Å². The highest BCUT2D eigenvalue weighted by molar-refractivity contribution is 7.89. The molecule has 0 unspecified atom stereocenters. The quantitative estimate of drug-likeness (QED) is 0.458. The summed E-state index contributed by atoms with van der Waals surface area (Å²) in [7, 11) is -3.61. The predicted molar refractivity (Wildman–Crippen MR) is 110 cm³/mol. The molecule has 0 bridgehead atoms. The molecule has 0 saturated carbocycles. The van der Waals surface area contributed by atoms with Crippen molar-refractivity contribution in [2.45, 2.75) is 11.8 Å². The van der Waals surface area contributed by atoms with Gasteiger partial charge in [0.2, 0.25) is 10.0 Å². The molecule has 0 aliphatic heterocycles. The van der Waals surface area contributed by atoms with Gasteiger partial charge in [0, 0.05) is 37.5 Å². The molecule has 1 N–H and O–H groups in total. The third-order valence-electron chi connectivity index (χ3n) is 4.48. The van der Waals surface area contributed by atoms with Gasteiger partial charge in [-0.15, -0.1) is 0 Å². The van der Waals surface area contributed by atoms with Gasteiger partial charge in [-0.05, 0) is 35.0 Å². The lowest BCUT2D eigenvalue weighted by Gasteiger charge is -2.21. The van der Waals surface area contributed by atoms with Crippen molar-refractivity contribution in [2.24, 2.45) is 0 Å². The van der Waals surface area contributed by atoms with Gasteiger partial charge in [-0.1, -0.05) is 37.3 Å². The number of likely N-dealkylation sites (N-methyl/N-ethyl adjacent to an activating group) is 1. The molecule has 0 amide bonds. The number of hydrogen-bond donors (Lipinski definition) is 1. The van der Waals surface area contributed by atoms with E-state index in [0.717, 1.165) is 10.8 Å². The lowest BCUT2D eigenvalue weighted by molar-refractivity contribution is -0.384. The van der Waals surface area contributed by atoms with E-state index in [2.05, 4.69) is 5.32 Å². The zero-order valence-electron chi connectivity index (χ0n) is 15.4. The number of benzene rings is 3. The SMILES string of the molecule is CCN(CCNc1ccc([N+](=O)[O-])cc1)S(=O)(=O)c1ccc2ccccc2c1. The summed E-state index contributed by atoms with van der Waals surface area (Å²) in [5.41, 5.74) is 0.712. The zero-order chi connectivity index (χ0) is 20.1. The third-order valence-corrected chi connectivity index (χ3v) is 6.45. The van der Waals surface area contributed by atoms with Gasteiger partial charge in [-0.2, -0.15) is 4.31 Å². The van der Waals surface area contributed by atoms with Crippen molar-refractivity contribution in [2.75, 3.05) is 25.0 Å². The lowest BCUT2D eigenvalue weighted by Crippen LogP contribution is -2.34. The maximum atomic E-state index is 13.0. The Kier molecular flexibility index (Phi) is 5.91. The van der Waals surface area contributed by atoms with Crippen LogP contribution in [0.1, 0.15) is 6.92 Å². The maximum Gasteiger partial charge on any atom is 0.269 e. The summed E-state index contributed by atoms with van der Waals surface area (Å²) < 4.78 is 27.4. The first-order valence-corrected chi connectivity index (χ1v) is 10.3. The summed E-state index contributed by atoms with van der Waals surface area (Å²) in [4.78, 5) is 10.5. The number of nitrogens with one attached hydrogen (secondary N) is 1. The monoisotopic (exact) mass is 399 g/mol. The number of nitro groups is 1. The largest absolute Gasteiger partial charge is 0.384 e. The highest BCUT2D eigenvalue weighted by Gasteiger charge is 2.22. The van der Waals surface area contributed by atoms with Gasteiger partial charge in [0.1, 0.15) is 0 Å². The number of non-ortho nitro benzene ring substituents is 1. The van der Waals surface area contributed by atoms with Crippen LogP contribution >= 0.6 is 0 Å². The second-order valence-electron chi connectivity index (χ2n) is 6.24. The van der Waals surface area contributed by atoms with Crippen LogP contribution < -0.4 is 5.32 Å². The van der Waals surface area contributed by atoms with Gasteiger partial charge in [-0.25, -0.2) is 8.42 Å². The second-order valence-corrected chi connectivity index (χ2v) is 8.17. The molecular weight excluding hydrogens is 378 g/mol. The minimum Gasteiger partial charge on any atom is -0.384 e. The molecule has 3 aromatic carbocycles. The van der Waals surface area contributed by atoms with Crippen molar-refractivity contribution in [3.63, 3.8) is 0 Å². The Bertz CT molecular complexity index is 1080. The van der Waals surface area contributed by atoms with E-state index in [-0.39, 0.29) is 17.1 Å². The third kappa shape index (κ3) is 4.29. The fraction of sp³-hybridized carbons (Fsp3) is 0.200. The second kappa shape index (κ2) is 8.37. The van der Waals surface area contributed by atoms with Crippen molar-refractivity contribution in [1.82, 2.24) is 4.31 Å². The van der Waals surface area contributed by atoms with Crippen LogP contribution in [0.15, 0.2) is 71.6 Å². The van der Waals surface area contributed by atoms with Crippen LogP contribution in [0, 0.1) is 10.1 Å². The molecule has 0 aromatic heterocycles. The molecule has 28 heavy (non-hydrogen) atoms. The molecule has 0 radical (unpaired) electrons. The Morgan fingerprint density at radius 2 is 1.68 bits per heavy atom. The minimum absolute atomic E-state index is 0.0135. The van der Waals surface area contributed by atoms with Crippen LogP contribution in [-0.4, -0.2) is 37.3 Å². The topological polar surface area (TPSA) is 92.5 Å². The summed E-state index contributed by atoms with van der Waals surface area (Å²) in [5.74, 6) is 0. The first-order valence-electron chi connectivity index (χ1n) is 8.89. The number of nitrogens with zero attached hydrogens (tertiary/aromatic N) is 2. The Morgan fingerprint density at radius 3 is 2.32 bits per heavy atom. The van der Waals surface area contributed by atoms with E-state index in [0.29, 0.717) is 18.8 Å². The molecule has 0 heterocycles. The molecule has 0 spiro atoms. The van der Waals surface area contributed by atoms with Gasteiger partial charge in [0.15, 0.2) is 0 Å². The number of hydrogen-bond acceptors (Lipinski definition) is 5. The number of nitro benzene ring substituents is 1. The van der Waals surface area contributed by atoms with Crippen LogP contribution in [0.4, 0.5) is 11.4 Å². The van der Waals surface area contributed by atoms with Gasteiger partial charge >= 0.3 is 0 Å². The van der Waals surface area contributed by atoms with Crippen LogP contribution in [0.5, 0.6) is 0 Å². The lowest BCUT2D eigenvalue weighted by atomic mass is 10.1. The smallest absolute Gasteiger partial charge is 0.269 e. The molecule has 7 nitrogen and oxygen atoms in total. The van der Waals surface area contributed by atoms with E-state index in [1.165, 1.54) is 16.4 Å². The molecule has 3 aromatic rings. The van der Waals surface area contributed by atoms with E-state index >= 15 is 0 Å². The van der Waals surface area contributed by atoms with E-state index in [9.17, 15) is 18.5 Å². The molecule has 146 valence electrons. The summed E-state index contributed by atoms with van der Waals surface area (Å²) in [6.07, 6.45) is 0. The van der Waals surface area contributed by atoms with Crippen LogP contribution in [0.2, 0.25) is 0 Å². The fourth-order valence-electron chi connectivity index (χ4n) is 2.95. The maximum absolute atomic E-state index is 13.0. The first kappa shape index (κ1) is 19.8. The predicted octanol–water partition coefficient (Wildman–Crippen LogP) is 3.87. The highest BCUT2D eigenvalue weighted by Crippen LogP contribution is 2.22. The molecular formula is C20H21N3O4S. The molecule has 0 fully saturated rings. The molecule has 0 aliphatic rings. The normalized spacial score (nSPS) is 11.6. The van der Waals surface area contributed by atoms with E-state index in [1.54, 1.807) is 31.2 Å². The van der Waals surface area contributed by atoms with Gasteiger partial charge < -0.3 is 5.32 Å². The number of anilines is 1. The van der Waals surface area contributed by atoms with E-state index in [1.807, 2.05) is 30.3 Å². The molecule has 0 atom stereocenters. The first-order chi connectivity index (χ1) is 13.4. The molecule has 0 saturated heterocycles. The highest BCUT2D eigenvalue weighted by atomic mass is 32.2. The van der Waals surface area contributed by atoms with Crippen molar-refractivity contribution in [3.8, 4) is 0 Å². The molecule has 3 rings (SSSR count). The Morgan fingerprint density at radius 1 is 1.00 bits per heavy atom. The summed E-state index contributed by atoms with van der Waals surface area (Å²) in [5, 5.41) is 15.7. The Hall–Kier alpha value is -2.97. The van der Waals surface area contributed by atoms with Crippen LogP contribution in [-0.2, 0) is 10.0 Å². The number of rotatable bonds is 8. The molecule has 0 aliphatic carbocycles. The van der Waals surface area contributed by atoms with Gasteiger partial charge in [0.25, 0.3) is 5.69 Å². The summed E-state index contributed by atoms with van der Waals surface area (Å²) in [6.45, 7) is 2.81. The average molecular weight is 399 g/mol. The standard InChI is InChI=1S/C20H21N3O4S/c1-2-22(14-13-21-18-8-10-19(11-9-18)23(24)25)28(26,27)20-12-7-16-5-3-4-6-17(16)15-20/h3-12,15,21H,2,13-14H2,1H3. The molecule has 8 heteroatoms.